The van der Waals surface area contributed by atoms with Crippen LogP contribution in [0, 0.1) is 10.4 Å². The van der Waals surface area contributed by atoms with E-state index in [1.807, 2.05) is 0 Å². The summed E-state index contributed by atoms with van der Waals surface area (Å²) in [5.74, 6) is 0.706. The van der Waals surface area contributed by atoms with E-state index in [0.29, 0.717) is 33.3 Å². The van der Waals surface area contributed by atoms with E-state index in [1.165, 1.54) is 0 Å². The molecule has 0 aliphatic heterocycles. The van der Waals surface area contributed by atoms with Gasteiger partial charge in [-0.3, -0.25) is 5.23 Å². The lowest BCUT2D eigenvalue weighted by molar-refractivity contribution is -0.0592. The van der Waals surface area contributed by atoms with Crippen molar-refractivity contribution < 1.29 is 9.68 Å². The Morgan fingerprint density at radius 3 is 1.92 bits per heavy atom. The topological polar surface area (TPSA) is 123 Å². The van der Waals surface area contributed by atoms with E-state index in [4.69, 9.17) is 21.1 Å². The van der Waals surface area contributed by atoms with Crippen molar-refractivity contribution in [1.29, 1.82) is 0 Å². The van der Waals surface area contributed by atoms with Crippen LogP contribution in [0.25, 0.3) is 0 Å². The summed E-state index contributed by atoms with van der Waals surface area (Å²) in [7, 11) is 0. The van der Waals surface area contributed by atoms with Crippen molar-refractivity contribution >= 4 is 11.4 Å². The van der Waals surface area contributed by atoms with Gasteiger partial charge >= 0.3 is 0 Å². The first-order valence-electron chi connectivity index (χ1n) is 8.52. The summed E-state index contributed by atoms with van der Waals surface area (Å²) in [6, 6.07) is 12.6. The molecule has 3 rings (SSSR count). The first-order chi connectivity index (χ1) is 12.5. The highest BCUT2D eigenvalue weighted by Crippen LogP contribution is 2.25. The molecule has 0 unspecified atom stereocenters. The molecule has 1 aliphatic carbocycles. The van der Waals surface area contributed by atoms with Gasteiger partial charge in [-0.15, -0.1) is 0 Å². The Hall–Kier alpha value is -2.52. The summed E-state index contributed by atoms with van der Waals surface area (Å²) in [5, 5.41) is 25.1. The minimum absolute atomic E-state index is 0.173. The first kappa shape index (κ1) is 18.3. The maximum Gasteiger partial charge on any atom is 0.154 e. The van der Waals surface area contributed by atoms with Crippen molar-refractivity contribution in [3.63, 3.8) is 0 Å². The quantitative estimate of drug-likeness (QED) is 0.597. The molecule has 0 amide bonds. The lowest BCUT2D eigenvalue weighted by atomic mass is 9.92. The number of nitrogen functional groups attached to an aromatic ring is 1. The molecule has 8 nitrogen and oxygen atoms in total. The largest absolute Gasteiger partial charge is 0.752 e. The minimum atomic E-state index is -0.187. The summed E-state index contributed by atoms with van der Waals surface area (Å²) < 4.78 is 0. The zero-order chi connectivity index (χ0) is 18.5. The van der Waals surface area contributed by atoms with E-state index in [9.17, 15) is 10.4 Å². The number of benzene rings is 2. The fourth-order valence-electron chi connectivity index (χ4n) is 2.80. The van der Waals surface area contributed by atoms with Crippen LogP contribution in [0.4, 0.5) is 11.4 Å². The average Bonchev–Trinajstić information content (AvgIpc) is 2.64. The molecular weight excluding hydrogens is 336 g/mol. The summed E-state index contributed by atoms with van der Waals surface area (Å²) in [5.41, 5.74) is 12.3. The van der Waals surface area contributed by atoms with E-state index in [0.717, 1.165) is 25.7 Å². The Morgan fingerprint density at radius 2 is 1.35 bits per heavy atom. The van der Waals surface area contributed by atoms with Gasteiger partial charge in [0.2, 0.25) is 0 Å². The number of anilines is 2. The Morgan fingerprint density at radius 1 is 0.808 bits per heavy atom. The number of hydroxylamine groups is 2. The molecule has 1 fully saturated rings. The summed E-state index contributed by atoms with van der Waals surface area (Å²) in [6.45, 7) is 0. The van der Waals surface area contributed by atoms with Crippen LogP contribution in [-0.4, -0.2) is 17.3 Å². The maximum atomic E-state index is 12.1. The van der Waals surface area contributed by atoms with Gasteiger partial charge in [0.1, 0.15) is 5.75 Å². The molecule has 8 heteroatoms. The first-order valence-corrected chi connectivity index (χ1v) is 8.52. The fraction of sp³-hybridized carbons (Fsp3) is 0.333. The molecule has 0 aromatic heterocycles. The van der Waals surface area contributed by atoms with Crippen LogP contribution in [0.15, 0.2) is 48.5 Å². The van der Waals surface area contributed by atoms with Gasteiger partial charge in [-0.1, -0.05) is 0 Å². The van der Waals surface area contributed by atoms with Gasteiger partial charge in [0, 0.05) is 17.8 Å². The lowest BCUT2D eigenvalue weighted by Gasteiger charge is -2.39. The Labute approximate surface area is 152 Å². The normalized spacial score (nSPS) is 20.0. The van der Waals surface area contributed by atoms with Crippen LogP contribution in [0.3, 0.4) is 0 Å². The molecule has 2 aromatic carbocycles. The standard InChI is InChI=1S/C18H22N4O4/c19-13-1-5-15(6-2-13)21(23)25-17-9-11-18(12-10-17)26-22(24)16-7-3-14(20)4-8-16/h1-2,5-6,9-12,14,16H,3-4,7-8,19-20H2/q-2. The number of rotatable bonds is 6. The summed E-state index contributed by atoms with van der Waals surface area (Å²) in [6.07, 6.45) is 3.09. The van der Waals surface area contributed by atoms with Crippen LogP contribution >= 0.6 is 0 Å². The van der Waals surface area contributed by atoms with E-state index in [-0.39, 0.29) is 12.1 Å². The fourth-order valence-corrected chi connectivity index (χ4v) is 2.80. The van der Waals surface area contributed by atoms with Crippen molar-refractivity contribution in [3.05, 3.63) is 58.9 Å². The monoisotopic (exact) mass is 358 g/mol. The number of nitrogens with two attached hydrogens (primary N) is 2. The van der Waals surface area contributed by atoms with E-state index >= 15 is 0 Å². The average molecular weight is 358 g/mol. The Balaban J connectivity index is 1.53. The molecule has 140 valence electrons. The van der Waals surface area contributed by atoms with Crippen LogP contribution in [0.5, 0.6) is 11.5 Å². The van der Waals surface area contributed by atoms with Gasteiger partial charge in [-0.2, -0.15) is 0 Å². The third-order valence-corrected chi connectivity index (χ3v) is 4.35. The predicted octanol–water partition coefficient (Wildman–Crippen LogP) is 2.93. The molecule has 0 saturated heterocycles. The third kappa shape index (κ3) is 4.77. The third-order valence-electron chi connectivity index (χ3n) is 4.35. The van der Waals surface area contributed by atoms with Crippen LogP contribution in [0.1, 0.15) is 25.7 Å². The van der Waals surface area contributed by atoms with Crippen molar-refractivity contribution in [2.75, 3.05) is 11.0 Å². The highest BCUT2D eigenvalue weighted by molar-refractivity contribution is 5.52. The van der Waals surface area contributed by atoms with Crippen LogP contribution in [-0.2, 0) is 0 Å². The molecule has 1 aliphatic rings. The minimum Gasteiger partial charge on any atom is -0.752 e. The predicted molar refractivity (Wildman–Crippen MR) is 99.8 cm³/mol. The van der Waals surface area contributed by atoms with Crippen LogP contribution < -0.4 is 26.4 Å². The molecule has 2 aromatic rings. The summed E-state index contributed by atoms with van der Waals surface area (Å²) in [4.78, 5) is 10.5. The SMILES string of the molecule is Nc1ccc(N([O-])Oc2ccc(ON([O-])C3CCC(N)CC3)cc2)cc1. The molecule has 1 saturated carbocycles. The van der Waals surface area contributed by atoms with Gasteiger partial charge in [0.15, 0.2) is 5.75 Å². The molecule has 26 heavy (non-hydrogen) atoms. The number of hydrogen-bond donors (Lipinski definition) is 2. The highest BCUT2D eigenvalue weighted by atomic mass is 16.9. The van der Waals surface area contributed by atoms with Gasteiger partial charge < -0.3 is 31.6 Å². The second kappa shape index (κ2) is 8.24. The maximum absolute atomic E-state index is 12.1. The molecule has 0 spiro atoms. The van der Waals surface area contributed by atoms with Crippen molar-refractivity contribution in [2.24, 2.45) is 5.73 Å². The lowest BCUT2D eigenvalue weighted by Crippen LogP contribution is -2.39. The Bertz CT molecular complexity index is 687. The smallest absolute Gasteiger partial charge is 0.154 e. The van der Waals surface area contributed by atoms with Crippen molar-refractivity contribution in [1.82, 2.24) is 5.23 Å². The van der Waals surface area contributed by atoms with Gasteiger partial charge in [-0.05, 0) is 74.2 Å². The number of nitrogens with zero attached hydrogens (tertiary/aromatic N) is 2. The zero-order valence-electron chi connectivity index (χ0n) is 14.3. The highest BCUT2D eigenvalue weighted by Gasteiger charge is 2.20. The van der Waals surface area contributed by atoms with Crippen molar-refractivity contribution in [3.8, 4) is 11.5 Å². The van der Waals surface area contributed by atoms with E-state index in [2.05, 4.69) is 0 Å². The van der Waals surface area contributed by atoms with Crippen LogP contribution in [0.2, 0.25) is 0 Å². The Kier molecular flexibility index (Phi) is 5.79. The molecule has 0 heterocycles. The molecule has 4 N–H and O–H groups in total. The molecule has 0 atom stereocenters. The van der Waals surface area contributed by atoms with E-state index in [1.54, 1.807) is 48.5 Å². The van der Waals surface area contributed by atoms with E-state index < -0.39 is 0 Å². The van der Waals surface area contributed by atoms with Gasteiger partial charge in [0.25, 0.3) is 0 Å². The second-order valence-electron chi connectivity index (χ2n) is 6.36. The second-order valence-corrected chi connectivity index (χ2v) is 6.36. The van der Waals surface area contributed by atoms with Gasteiger partial charge in [0.05, 0.1) is 5.69 Å². The number of hydrogen-bond acceptors (Lipinski definition) is 8. The molecule has 0 bridgehead atoms. The molecular formula is C18H22N4O4-2. The molecule has 0 radical (unpaired) electrons. The zero-order valence-corrected chi connectivity index (χ0v) is 14.3. The van der Waals surface area contributed by atoms with Gasteiger partial charge in [-0.25, -0.2) is 5.23 Å². The summed E-state index contributed by atoms with van der Waals surface area (Å²) >= 11 is 0. The van der Waals surface area contributed by atoms with Crippen molar-refractivity contribution in [2.45, 2.75) is 37.8 Å².